The fourth-order valence-electron chi connectivity index (χ4n) is 2.89. The summed E-state index contributed by atoms with van der Waals surface area (Å²) in [6, 6.07) is 18.6. The lowest BCUT2D eigenvalue weighted by Gasteiger charge is -2.37. The third kappa shape index (κ3) is 2.68. The second-order valence-corrected chi connectivity index (χ2v) is 6.47. The SMILES string of the molecule is CC1(Cc2ccccc2)CN=C(N)N1c1ccccc1Br. The first-order valence-electron chi connectivity index (χ1n) is 6.99. The number of aliphatic imine (C=N–C) groups is 1. The Balaban J connectivity index is 1.97. The first-order valence-corrected chi connectivity index (χ1v) is 7.78. The molecule has 1 heterocycles. The van der Waals surface area contributed by atoms with Crippen LogP contribution in [0.2, 0.25) is 0 Å². The molecule has 0 aromatic heterocycles. The van der Waals surface area contributed by atoms with E-state index in [1.807, 2.05) is 24.3 Å². The van der Waals surface area contributed by atoms with Crippen LogP contribution in [0.5, 0.6) is 0 Å². The molecule has 1 aliphatic rings. The zero-order valence-electron chi connectivity index (χ0n) is 12.0. The lowest BCUT2D eigenvalue weighted by molar-refractivity contribution is 0.499. The predicted molar refractivity (Wildman–Crippen MR) is 91.7 cm³/mol. The van der Waals surface area contributed by atoms with Crippen LogP contribution in [0.25, 0.3) is 0 Å². The molecule has 0 aliphatic carbocycles. The molecule has 2 N–H and O–H groups in total. The van der Waals surface area contributed by atoms with Crippen LogP contribution in [-0.4, -0.2) is 18.0 Å². The molecule has 0 bridgehead atoms. The molecular weight excluding hydrogens is 326 g/mol. The molecule has 0 saturated carbocycles. The lowest BCUT2D eigenvalue weighted by Crippen LogP contribution is -2.51. The number of guanidine groups is 1. The smallest absolute Gasteiger partial charge is 0.196 e. The van der Waals surface area contributed by atoms with E-state index in [1.165, 1.54) is 5.56 Å². The van der Waals surface area contributed by atoms with Gasteiger partial charge in [0.2, 0.25) is 0 Å². The number of anilines is 1. The van der Waals surface area contributed by atoms with Crippen LogP contribution >= 0.6 is 15.9 Å². The van der Waals surface area contributed by atoms with Crippen LogP contribution in [0.1, 0.15) is 12.5 Å². The Morgan fingerprint density at radius 3 is 2.52 bits per heavy atom. The molecule has 0 saturated heterocycles. The Bertz CT molecular complexity index is 669. The maximum atomic E-state index is 6.16. The highest BCUT2D eigenvalue weighted by Gasteiger charge is 2.39. The van der Waals surface area contributed by atoms with Gasteiger partial charge < -0.3 is 10.6 Å². The third-order valence-corrected chi connectivity index (χ3v) is 4.54. The van der Waals surface area contributed by atoms with Gasteiger partial charge in [-0.1, -0.05) is 42.5 Å². The zero-order valence-corrected chi connectivity index (χ0v) is 13.5. The average molecular weight is 344 g/mol. The van der Waals surface area contributed by atoms with Gasteiger partial charge in [0.15, 0.2) is 5.96 Å². The second kappa shape index (κ2) is 5.53. The lowest BCUT2D eigenvalue weighted by atomic mass is 9.91. The van der Waals surface area contributed by atoms with Gasteiger partial charge in [-0.25, -0.2) is 0 Å². The summed E-state index contributed by atoms with van der Waals surface area (Å²) in [4.78, 5) is 6.63. The molecule has 21 heavy (non-hydrogen) atoms. The predicted octanol–water partition coefficient (Wildman–Crippen LogP) is 3.59. The van der Waals surface area contributed by atoms with E-state index >= 15 is 0 Å². The van der Waals surface area contributed by atoms with Gasteiger partial charge in [-0.3, -0.25) is 4.99 Å². The maximum absolute atomic E-state index is 6.16. The van der Waals surface area contributed by atoms with Crippen molar-refractivity contribution in [3.8, 4) is 0 Å². The first-order chi connectivity index (χ1) is 10.1. The van der Waals surface area contributed by atoms with Crippen molar-refractivity contribution in [1.29, 1.82) is 0 Å². The van der Waals surface area contributed by atoms with Gasteiger partial charge in [-0.2, -0.15) is 0 Å². The van der Waals surface area contributed by atoms with Crippen molar-refractivity contribution in [2.24, 2.45) is 10.7 Å². The summed E-state index contributed by atoms with van der Waals surface area (Å²) in [7, 11) is 0. The number of halogens is 1. The molecule has 0 fully saturated rings. The van der Waals surface area contributed by atoms with E-state index in [1.54, 1.807) is 0 Å². The molecule has 2 aromatic carbocycles. The fourth-order valence-corrected chi connectivity index (χ4v) is 3.35. The molecule has 4 heteroatoms. The normalized spacial score (nSPS) is 21.4. The van der Waals surface area contributed by atoms with Crippen LogP contribution < -0.4 is 10.6 Å². The van der Waals surface area contributed by atoms with Crippen molar-refractivity contribution < 1.29 is 0 Å². The average Bonchev–Trinajstić information content (AvgIpc) is 2.76. The van der Waals surface area contributed by atoms with Gasteiger partial charge in [0.25, 0.3) is 0 Å². The maximum Gasteiger partial charge on any atom is 0.196 e. The Labute approximate surface area is 133 Å². The van der Waals surface area contributed by atoms with Gasteiger partial charge in [0.05, 0.1) is 17.8 Å². The van der Waals surface area contributed by atoms with E-state index < -0.39 is 0 Å². The Hall–Kier alpha value is -1.81. The van der Waals surface area contributed by atoms with Crippen molar-refractivity contribution in [2.75, 3.05) is 11.4 Å². The van der Waals surface area contributed by atoms with Crippen LogP contribution in [0, 0.1) is 0 Å². The van der Waals surface area contributed by atoms with Crippen molar-refractivity contribution in [2.45, 2.75) is 18.9 Å². The molecule has 0 radical (unpaired) electrons. The summed E-state index contributed by atoms with van der Waals surface area (Å²) in [6.45, 7) is 2.91. The van der Waals surface area contributed by atoms with E-state index in [4.69, 9.17) is 5.73 Å². The highest BCUT2D eigenvalue weighted by atomic mass is 79.9. The molecule has 2 aromatic rings. The van der Waals surface area contributed by atoms with E-state index in [9.17, 15) is 0 Å². The van der Waals surface area contributed by atoms with Crippen LogP contribution in [-0.2, 0) is 6.42 Å². The van der Waals surface area contributed by atoms with Crippen LogP contribution in [0.4, 0.5) is 5.69 Å². The zero-order chi connectivity index (χ0) is 14.9. The van der Waals surface area contributed by atoms with Gasteiger partial charge in [-0.05, 0) is 47.0 Å². The number of nitrogens with two attached hydrogens (primary N) is 1. The van der Waals surface area contributed by atoms with Crippen molar-refractivity contribution in [3.05, 3.63) is 64.6 Å². The third-order valence-electron chi connectivity index (χ3n) is 3.87. The number of hydrogen-bond acceptors (Lipinski definition) is 3. The van der Waals surface area contributed by atoms with Gasteiger partial charge in [0.1, 0.15) is 0 Å². The summed E-state index contributed by atoms with van der Waals surface area (Å²) in [5.41, 5.74) is 8.38. The molecule has 3 nitrogen and oxygen atoms in total. The summed E-state index contributed by atoms with van der Waals surface area (Å²) >= 11 is 3.62. The quantitative estimate of drug-likeness (QED) is 0.925. The molecule has 108 valence electrons. The number of rotatable bonds is 3. The van der Waals surface area contributed by atoms with E-state index in [2.05, 4.69) is 63.1 Å². The Morgan fingerprint density at radius 1 is 1.14 bits per heavy atom. The number of para-hydroxylation sites is 1. The van der Waals surface area contributed by atoms with E-state index in [0.717, 1.165) is 16.6 Å². The Morgan fingerprint density at radius 2 is 1.81 bits per heavy atom. The number of nitrogens with zero attached hydrogens (tertiary/aromatic N) is 2. The highest BCUT2D eigenvalue weighted by molar-refractivity contribution is 9.10. The van der Waals surface area contributed by atoms with E-state index in [-0.39, 0.29) is 5.54 Å². The summed E-state index contributed by atoms with van der Waals surface area (Å²) in [5.74, 6) is 0.584. The van der Waals surface area contributed by atoms with Gasteiger partial charge in [-0.15, -0.1) is 0 Å². The van der Waals surface area contributed by atoms with Gasteiger partial charge in [0, 0.05) is 4.47 Å². The minimum absolute atomic E-state index is 0.144. The van der Waals surface area contributed by atoms with Gasteiger partial charge >= 0.3 is 0 Å². The standard InChI is InChI=1S/C17H18BrN3/c1-17(11-13-7-3-2-4-8-13)12-20-16(19)21(17)15-10-6-5-9-14(15)18/h2-10H,11-12H2,1H3,(H2,19,20). The minimum Gasteiger partial charge on any atom is -0.369 e. The summed E-state index contributed by atoms with van der Waals surface area (Å²) < 4.78 is 1.03. The number of hydrogen-bond donors (Lipinski definition) is 1. The molecule has 0 amide bonds. The van der Waals surface area contributed by atoms with Crippen molar-refractivity contribution >= 4 is 27.6 Å². The first kappa shape index (κ1) is 14.1. The minimum atomic E-state index is -0.144. The molecule has 3 rings (SSSR count). The monoisotopic (exact) mass is 343 g/mol. The molecule has 1 atom stereocenters. The fraction of sp³-hybridized carbons (Fsp3) is 0.235. The molecule has 1 unspecified atom stereocenters. The van der Waals surface area contributed by atoms with Crippen LogP contribution in [0.3, 0.4) is 0 Å². The molecule has 1 aliphatic heterocycles. The summed E-state index contributed by atoms with van der Waals surface area (Å²) in [5, 5.41) is 0. The van der Waals surface area contributed by atoms with E-state index in [0.29, 0.717) is 12.5 Å². The highest BCUT2D eigenvalue weighted by Crippen LogP contribution is 2.35. The molecule has 0 spiro atoms. The molecular formula is C17H18BrN3. The second-order valence-electron chi connectivity index (χ2n) is 5.62. The van der Waals surface area contributed by atoms with Crippen LogP contribution in [0.15, 0.2) is 64.1 Å². The van der Waals surface area contributed by atoms with Crippen molar-refractivity contribution in [3.63, 3.8) is 0 Å². The Kier molecular flexibility index (Phi) is 3.72. The summed E-state index contributed by atoms with van der Waals surface area (Å²) in [6.07, 6.45) is 0.902. The van der Waals surface area contributed by atoms with Crippen molar-refractivity contribution in [1.82, 2.24) is 0 Å². The largest absolute Gasteiger partial charge is 0.369 e. The topological polar surface area (TPSA) is 41.6 Å². The number of benzene rings is 2.